The molecule has 0 atom stereocenters. The molecule has 1 aromatic carbocycles. The standard InChI is InChI=1S/C19H19BrN6/c1-25-6-8-26(9-7-25)17-5-4-16-19(23-17)24-18(22-16)14-11-21-15-3-2-12(20)10-13(14)15/h2-5,10-11,21H,6-9H2,1H3,(H,22,23,24). The van der Waals surface area contributed by atoms with Crippen LogP contribution in [0, 0.1) is 0 Å². The Labute approximate surface area is 159 Å². The number of pyridine rings is 1. The van der Waals surface area contributed by atoms with Crippen LogP contribution in [0.25, 0.3) is 33.5 Å². The number of benzene rings is 1. The first-order chi connectivity index (χ1) is 12.7. The van der Waals surface area contributed by atoms with Crippen molar-refractivity contribution in [1.29, 1.82) is 0 Å². The number of hydrogen-bond acceptors (Lipinski definition) is 4. The van der Waals surface area contributed by atoms with Crippen LogP contribution in [-0.4, -0.2) is 58.1 Å². The van der Waals surface area contributed by atoms with Gasteiger partial charge in [0.2, 0.25) is 0 Å². The van der Waals surface area contributed by atoms with Gasteiger partial charge in [-0.3, -0.25) is 0 Å². The number of likely N-dealkylation sites (N-methyl/N-ethyl adjacent to an activating group) is 1. The largest absolute Gasteiger partial charge is 0.360 e. The van der Waals surface area contributed by atoms with Crippen LogP contribution in [0.1, 0.15) is 0 Å². The second-order valence-electron chi connectivity index (χ2n) is 6.81. The molecule has 0 saturated carbocycles. The van der Waals surface area contributed by atoms with Crippen molar-refractivity contribution < 1.29 is 0 Å². The van der Waals surface area contributed by atoms with Crippen LogP contribution in [0.5, 0.6) is 0 Å². The van der Waals surface area contributed by atoms with E-state index in [1.54, 1.807) is 0 Å². The third kappa shape index (κ3) is 2.68. The zero-order chi connectivity index (χ0) is 17.7. The molecule has 1 saturated heterocycles. The van der Waals surface area contributed by atoms with Crippen molar-refractivity contribution in [1.82, 2.24) is 24.8 Å². The maximum absolute atomic E-state index is 4.80. The average Bonchev–Trinajstić information content (AvgIpc) is 3.24. The number of nitrogens with zero attached hydrogens (tertiary/aromatic N) is 4. The fourth-order valence-electron chi connectivity index (χ4n) is 3.51. The molecule has 132 valence electrons. The number of nitrogens with one attached hydrogen (secondary N) is 2. The van der Waals surface area contributed by atoms with Crippen molar-refractivity contribution in [2.24, 2.45) is 0 Å². The topological polar surface area (TPSA) is 63.8 Å². The number of halogens is 1. The third-order valence-electron chi connectivity index (χ3n) is 5.06. The number of piperazine rings is 1. The SMILES string of the molecule is CN1CCN(c2ccc3[nH]c(-c4c[nH]c5ccc(Br)cc45)nc3n2)CC1. The molecule has 6 nitrogen and oxygen atoms in total. The molecule has 0 spiro atoms. The summed E-state index contributed by atoms with van der Waals surface area (Å²) in [4.78, 5) is 21.0. The van der Waals surface area contributed by atoms with Gasteiger partial charge >= 0.3 is 0 Å². The number of fused-ring (bicyclic) bond motifs is 2. The monoisotopic (exact) mass is 410 g/mol. The van der Waals surface area contributed by atoms with Crippen LogP contribution in [0.4, 0.5) is 5.82 Å². The van der Waals surface area contributed by atoms with E-state index in [9.17, 15) is 0 Å². The van der Waals surface area contributed by atoms with E-state index in [0.29, 0.717) is 0 Å². The highest BCUT2D eigenvalue weighted by Crippen LogP contribution is 2.30. The van der Waals surface area contributed by atoms with Crippen molar-refractivity contribution in [3.63, 3.8) is 0 Å². The summed E-state index contributed by atoms with van der Waals surface area (Å²) in [6, 6.07) is 10.4. The molecule has 1 aliphatic rings. The lowest BCUT2D eigenvalue weighted by molar-refractivity contribution is 0.312. The van der Waals surface area contributed by atoms with E-state index in [1.165, 1.54) is 0 Å². The fourth-order valence-corrected chi connectivity index (χ4v) is 3.87. The molecule has 0 unspecified atom stereocenters. The van der Waals surface area contributed by atoms with E-state index in [1.807, 2.05) is 12.3 Å². The Bertz CT molecular complexity index is 1090. The van der Waals surface area contributed by atoms with Crippen molar-refractivity contribution in [2.45, 2.75) is 0 Å². The molecule has 3 aromatic heterocycles. The molecule has 0 radical (unpaired) electrons. The lowest BCUT2D eigenvalue weighted by Crippen LogP contribution is -2.44. The normalized spacial score (nSPS) is 16.0. The van der Waals surface area contributed by atoms with Crippen LogP contribution in [0.15, 0.2) is 41.0 Å². The predicted molar refractivity (Wildman–Crippen MR) is 109 cm³/mol. The molecule has 1 aliphatic heterocycles. The maximum atomic E-state index is 4.80. The zero-order valence-corrected chi connectivity index (χ0v) is 16.0. The fraction of sp³-hybridized carbons (Fsp3) is 0.263. The van der Waals surface area contributed by atoms with Gasteiger partial charge in [-0.15, -0.1) is 0 Å². The maximum Gasteiger partial charge on any atom is 0.180 e. The Kier molecular flexibility index (Phi) is 3.72. The number of imidazole rings is 1. The van der Waals surface area contributed by atoms with Crippen LogP contribution < -0.4 is 4.90 Å². The molecule has 5 rings (SSSR count). The van der Waals surface area contributed by atoms with E-state index in [4.69, 9.17) is 9.97 Å². The summed E-state index contributed by atoms with van der Waals surface area (Å²) in [5.74, 6) is 1.85. The molecule has 0 aliphatic carbocycles. The van der Waals surface area contributed by atoms with Gasteiger partial charge in [0.25, 0.3) is 0 Å². The quantitative estimate of drug-likeness (QED) is 0.529. The van der Waals surface area contributed by atoms with E-state index < -0.39 is 0 Å². The Balaban J connectivity index is 1.54. The van der Waals surface area contributed by atoms with E-state index in [2.05, 4.69) is 67.0 Å². The first-order valence-corrected chi connectivity index (χ1v) is 9.54. The smallest absolute Gasteiger partial charge is 0.180 e. The van der Waals surface area contributed by atoms with Gasteiger partial charge in [0.1, 0.15) is 11.6 Å². The van der Waals surface area contributed by atoms with Crippen LogP contribution in [0.2, 0.25) is 0 Å². The number of hydrogen-bond donors (Lipinski definition) is 2. The summed E-state index contributed by atoms with van der Waals surface area (Å²) in [5, 5.41) is 1.14. The minimum absolute atomic E-state index is 0.765. The van der Waals surface area contributed by atoms with E-state index in [-0.39, 0.29) is 0 Å². The summed E-state index contributed by atoms with van der Waals surface area (Å²) < 4.78 is 1.05. The second-order valence-corrected chi connectivity index (χ2v) is 7.72. The second kappa shape index (κ2) is 6.10. The van der Waals surface area contributed by atoms with Crippen molar-refractivity contribution in [3.8, 4) is 11.4 Å². The average molecular weight is 411 g/mol. The molecule has 2 N–H and O–H groups in total. The van der Waals surface area contributed by atoms with Gasteiger partial charge in [-0.25, -0.2) is 9.97 Å². The number of H-pyrrole nitrogens is 2. The molecule has 7 heteroatoms. The summed E-state index contributed by atoms with van der Waals surface area (Å²) >= 11 is 3.55. The van der Waals surface area contributed by atoms with Gasteiger partial charge in [0.15, 0.2) is 5.65 Å². The highest BCUT2D eigenvalue weighted by molar-refractivity contribution is 9.10. The number of aromatic nitrogens is 4. The zero-order valence-electron chi connectivity index (χ0n) is 14.5. The van der Waals surface area contributed by atoms with Crippen LogP contribution >= 0.6 is 15.9 Å². The highest BCUT2D eigenvalue weighted by atomic mass is 79.9. The van der Waals surface area contributed by atoms with Crippen molar-refractivity contribution >= 4 is 43.8 Å². The van der Waals surface area contributed by atoms with Crippen molar-refractivity contribution in [3.05, 3.63) is 41.0 Å². The number of aromatic amines is 2. The Morgan fingerprint density at radius 2 is 1.81 bits per heavy atom. The van der Waals surface area contributed by atoms with Gasteiger partial charge in [-0.05, 0) is 37.4 Å². The van der Waals surface area contributed by atoms with Gasteiger partial charge in [0, 0.05) is 53.3 Å². The van der Waals surface area contributed by atoms with Gasteiger partial charge in [0.05, 0.1) is 5.52 Å². The van der Waals surface area contributed by atoms with Gasteiger partial charge in [-0.1, -0.05) is 15.9 Å². The van der Waals surface area contributed by atoms with Gasteiger partial charge < -0.3 is 19.8 Å². The molecule has 4 aromatic rings. The molecular formula is C19H19BrN6. The minimum atomic E-state index is 0.765. The first kappa shape index (κ1) is 15.8. The molecule has 0 bridgehead atoms. The molecule has 26 heavy (non-hydrogen) atoms. The predicted octanol–water partition coefficient (Wildman–Crippen LogP) is 3.62. The number of anilines is 1. The summed E-state index contributed by atoms with van der Waals surface area (Å²) in [6.45, 7) is 4.14. The van der Waals surface area contributed by atoms with Crippen LogP contribution in [0.3, 0.4) is 0 Å². The summed E-state index contributed by atoms with van der Waals surface area (Å²) in [6.07, 6.45) is 2.00. The van der Waals surface area contributed by atoms with Crippen LogP contribution in [-0.2, 0) is 0 Å². The lowest BCUT2D eigenvalue weighted by Gasteiger charge is -2.33. The molecule has 4 heterocycles. The van der Waals surface area contributed by atoms with Gasteiger partial charge in [-0.2, -0.15) is 0 Å². The van der Waals surface area contributed by atoms with E-state index >= 15 is 0 Å². The summed E-state index contributed by atoms with van der Waals surface area (Å²) in [7, 11) is 2.16. The number of rotatable bonds is 2. The third-order valence-corrected chi connectivity index (χ3v) is 5.55. The summed E-state index contributed by atoms with van der Waals surface area (Å²) in [5.41, 5.74) is 3.87. The molecule has 0 amide bonds. The Morgan fingerprint density at radius 1 is 1.00 bits per heavy atom. The first-order valence-electron chi connectivity index (χ1n) is 8.75. The Morgan fingerprint density at radius 3 is 2.65 bits per heavy atom. The lowest BCUT2D eigenvalue weighted by atomic mass is 10.2. The highest BCUT2D eigenvalue weighted by Gasteiger charge is 2.17. The Hall–Kier alpha value is -2.38. The molecular weight excluding hydrogens is 392 g/mol. The van der Waals surface area contributed by atoms with Crippen molar-refractivity contribution in [2.75, 3.05) is 38.1 Å². The molecule has 1 fully saturated rings. The van der Waals surface area contributed by atoms with E-state index in [0.717, 1.165) is 69.9 Å². The minimum Gasteiger partial charge on any atom is -0.360 e.